The molecule has 4 unspecified atom stereocenters. The summed E-state index contributed by atoms with van der Waals surface area (Å²) in [6.07, 6.45) is 1.83. The Bertz CT molecular complexity index is 2570. The van der Waals surface area contributed by atoms with Gasteiger partial charge in [0.25, 0.3) is 0 Å². The Morgan fingerprint density at radius 2 is 0.857 bits per heavy atom. The van der Waals surface area contributed by atoms with Crippen molar-refractivity contribution in [2.24, 2.45) is 5.73 Å². The Hall–Kier alpha value is -7.65. The van der Waals surface area contributed by atoms with Gasteiger partial charge in [-0.15, -0.1) is 0 Å². The van der Waals surface area contributed by atoms with E-state index in [1.807, 2.05) is 24.3 Å². The Kier molecular flexibility index (Phi) is 15.1. The minimum Gasteiger partial charge on any atom is -0.480 e. The van der Waals surface area contributed by atoms with Crippen LogP contribution in [0.1, 0.15) is 36.0 Å². The monoisotopic (exact) mass is 872 g/mol. The fourth-order valence-electron chi connectivity index (χ4n) is 6.66. The lowest BCUT2D eigenvalue weighted by atomic mass is 9.88. The number of hydrogen-bond acceptors (Lipinski definition) is 11. The molecule has 14 N–H and O–H groups in total. The van der Waals surface area contributed by atoms with Crippen LogP contribution in [0.4, 0.5) is 0 Å². The van der Waals surface area contributed by atoms with Gasteiger partial charge in [0.2, 0.25) is 5.78 Å². The Morgan fingerprint density at radius 3 is 1.17 bits per heavy atom. The zero-order valence-electron chi connectivity index (χ0n) is 33.1. The molecule has 6 rings (SSSR count). The average Bonchev–Trinajstić information content (AvgIpc) is 3.95. The van der Waals surface area contributed by atoms with Crippen molar-refractivity contribution >= 4 is 74.3 Å². The van der Waals surface area contributed by atoms with Gasteiger partial charge in [0, 0.05) is 89.0 Å². The summed E-state index contributed by atoms with van der Waals surface area (Å²) in [6.45, 7) is 3.28. The molecule has 0 radical (unpaired) electrons. The minimum absolute atomic E-state index is 0.210. The molecule has 0 fully saturated rings. The predicted octanol–water partition coefficient (Wildman–Crippen LogP) is 2.46. The first-order chi connectivity index (χ1) is 29.5. The van der Waals surface area contributed by atoms with Crippen molar-refractivity contribution in [1.29, 1.82) is 0 Å². The highest BCUT2D eigenvalue weighted by atomic mass is 16.4. The van der Waals surface area contributed by atoms with E-state index in [0.29, 0.717) is 22.1 Å². The molecule has 0 saturated heterocycles. The van der Waals surface area contributed by atoms with Crippen LogP contribution < -0.4 is 5.73 Å². The Labute approximate surface area is 355 Å². The van der Waals surface area contributed by atoms with E-state index in [1.165, 1.54) is 6.20 Å². The third kappa shape index (κ3) is 11.8. The number of nitrogens with one attached hydrogen (secondary N) is 3. The maximum absolute atomic E-state index is 11.3. The third-order valence-electron chi connectivity index (χ3n) is 10.0. The highest BCUT2D eigenvalue weighted by molar-refractivity contribution is 6.33. The second-order valence-electron chi connectivity index (χ2n) is 14.8. The molecule has 6 aromatic rings. The summed E-state index contributed by atoms with van der Waals surface area (Å²) in [4.78, 5) is 86.2. The zero-order valence-corrected chi connectivity index (χ0v) is 33.1. The summed E-state index contributed by atoms with van der Waals surface area (Å²) in [5, 5.41) is 86.8. The van der Waals surface area contributed by atoms with Crippen molar-refractivity contribution < 1.29 is 79.5 Å². The maximum Gasteiger partial charge on any atom is 0.372 e. The smallest absolute Gasteiger partial charge is 0.372 e. The molecule has 20 nitrogen and oxygen atoms in total. The molecule has 0 amide bonds. The van der Waals surface area contributed by atoms with E-state index in [0.717, 1.165) is 27.3 Å². The van der Waals surface area contributed by atoms with E-state index in [1.54, 1.807) is 60.9 Å². The summed E-state index contributed by atoms with van der Waals surface area (Å²) < 4.78 is 0. The standard InChI is InChI=1S/C15H15NO5.C14H16N2O5.C14H13NO6/c1-9(13(17)18)6-15(21,14(19)20)7-10-8-16-12-5-3-2-4-11(10)12;15-10(12(17)18)6-14(21,13(19)20)5-8-7-16-11-4-2-1-3-9(8)11;16-11(12(17)18)6-14(21,13(19)20)5-8-7-15-10-4-2-1-3-9(8)10/h2-5,8,16,21H,1,6-7H2,(H,17,18)(H,19,20);1-4,7,10,16,21H,5-6,15H2,(H,17,18)(H,19,20);1-4,7,15,21H,5-6H2,(H,17,18)(H,19,20). The van der Waals surface area contributed by atoms with Gasteiger partial charge in [0.05, 0.1) is 6.42 Å². The fourth-order valence-corrected chi connectivity index (χ4v) is 6.66. The van der Waals surface area contributed by atoms with Crippen molar-refractivity contribution in [2.45, 2.75) is 61.4 Å². The van der Waals surface area contributed by atoms with Gasteiger partial charge < -0.3 is 66.6 Å². The summed E-state index contributed by atoms with van der Waals surface area (Å²) in [6, 6.07) is 20.1. The molecule has 3 aromatic heterocycles. The molecule has 0 bridgehead atoms. The van der Waals surface area contributed by atoms with Gasteiger partial charge in [0.1, 0.15) is 6.04 Å². The van der Waals surface area contributed by atoms with Gasteiger partial charge in [-0.3, -0.25) is 9.59 Å². The number of carboxylic acids is 6. The lowest BCUT2D eigenvalue weighted by Gasteiger charge is -2.24. The summed E-state index contributed by atoms with van der Waals surface area (Å²) in [5.74, 6) is -10.4. The summed E-state index contributed by atoms with van der Waals surface area (Å²) >= 11 is 0. The summed E-state index contributed by atoms with van der Waals surface area (Å²) in [7, 11) is 0. The van der Waals surface area contributed by atoms with Crippen molar-refractivity contribution in [3.05, 3.63) is 120 Å². The van der Waals surface area contributed by atoms with Crippen LogP contribution in [0.3, 0.4) is 0 Å². The highest BCUT2D eigenvalue weighted by Crippen LogP contribution is 2.29. The van der Waals surface area contributed by atoms with E-state index >= 15 is 0 Å². The second kappa shape index (κ2) is 19.8. The molecule has 0 saturated carbocycles. The van der Waals surface area contributed by atoms with Gasteiger partial charge in [-0.25, -0.2) is 24.0 Å². The number of rotatable bonds is 18. The number of aromatic amines is 3. The van der Waals surface area contributed by atoms with Gasteiger partial charge in [0.15, 0.2) is 16.8 Å². The number of H-pyrrole nitrogens is 3. The van der Waals surface area contributed by atoms with Crippen molar-refractivity contribution in [2.75, 3.05) is 0 Å². The predicted molar refractivity (Wildman–Crippen MR) is 223 cm³/mol. The minimum atomic E-state index is -2.46. The number of para-hydroxylation sites is 3. The number of fused-ring (bicyclic) bond motifs is 3. The van der Waals surface area contributed by atoms with Crippen LogP contribution >= 0.6 is 0 Å². The first-order valence-electron chi connectivity index (χ1n) is 18.7. The van der Waals surface area contributed by atoms with E-state index in [9.17, 15) is 59.1 Å². The topological polar surface area (TPSA) is 375 Å². The van der Waals surface area contributed by atoms with Crippen LogP contribution in [0.25, 0.3) is 32.7 Å². The quantitative estimate of drug-likeness (QED) is 0.0435. The summed E-state index contributed by atoms with van der Waals surface area (Å²) in [5.41, 5.74) is 2.17. The molecule has 4 atom stereocenters. The third-order valence-corrected chi connectivity index (χ3v) is 10.0. The normalized spacial score (nSPS) is 14.3. The lowest BCUT2D eigenvalue weighted by molar-refractivity contribution is -0.164. The average molecular weight is 873 g/mol. The van der Waals surface area contributed by atoms with Crippen LogP contribution in [0.5, 0.6) is 0 Å². The molecule has 0 aliphatic carbocycles. The first kappa shape index (κ1) is 48.0. The van der Waals surface area contributed by atoms with Crippen molar-refractivity contribution in [1.82, 2.24) is 15.0 Å². The number of nitrogens with two attached hydrogens (primary N) is 1. The van der Waals surface area contributed by atoms with E-state index in [2.05, 4.69) is 21.5 Å². The van der Waals surface area contributed by atoms with Crippen LogP contribution in [0, 0.1) is 0 Å². The number of benzene rings is 3. The Balaban J connectivity index is 0.000000207. The SMILES string of the molecule is C=C(CC(O)(Cc1c[nH]c2ccccc12)C(=O)O)C(=O)O.NC(CC(O)(Cc1c[nH]c2ccccc12)C(=O)O)C(=O)O.O=C(O)C(=O)CC(O)(Cc1c[nH]c2ccccc12)C(=O)O. The lowest BCUT2D eigenvalue weighted by Crippen LogP contribution is -2.48. The number of aromatic nitrogens is 3. The molecule has 3 aromatic carbocycles. The van der Waals surface area contributed by atoms with Crippen LogP contribution in [0.15, 0.2) is 104 Å². The molecule has 20 heteroatoms. The number of carboxylic acid groups (broad SMARTS) is 6. The molecule has 0 spiro atoms. The second-order valence-corrected chi connectivity index (χ2v) is 14.8. The molecule has 0 aliphatic heterocycles. The molecule has 332 valence electrons. The van der Waals surface area contributed by atoms with Crippen molar-refractivity contribution in [3.63, 3.8) is 0 Å². The van der Waals surface area contributed by atoms with Gasteiger partial charge >= 0.3 is 35.8 Å². The number of Topliss-reactive ketones (excluding diaryl/α,β-unsaturated/α-hetero) is 1. The Morgan fingerprint density at radius 1 is 0.524 bits per heavy atom. The first-order valence-corrected chi connectivity index (χ1v) is 18.7. The van der Waals surface area contributed by atoms with Crippen molar-refractivity contribution in [3.8, 4) is 0 Å². The largest absolute Gasteiger partial charge is 0.480 e. The number of carbonyl (C=O) groups excluding carboxylic acids is 1. The van der Waals surface area contributed by atoms with E-state index in [-0.39, 0.29) is 24.8 Å². The number of aliphatic carboxylic acids is 6. The van der Waals surface area contributed by atoms with Gasteiger partial charge in [-0.2, -0.15) is 0 Å². The van der Waals surface area contributed by atoms with Gasteiger partial charge in [-0.05, 0) is 34.9 Å². The van der Waals surface area contributed by atoms with Crippen LogP contribution in [-0.2, 0) is 52.8 Å². The number of aliphatic hydroxyl groups is 3. The molecule has 0 aliphatic rings. The molecule has 3 heterocycles. The maximum atomic E-state index is 11.3. The number of ketones is 1. The van der Waals surface area contributed by atoms with Crippen LogP contribution in [0.2, 0.25) is 0 Å². The molecule has 63 heavy (non-hydrogen) atoms. The van der Waals surface area contributed by atoms with E-state index < -0.39 is 83.7 Å². The van der Waals surface area contributed by atoms with Gasteiger partial charge in [-0.1, -0.05) is 61.2 Å². The highest BCUT2D eigenvalue weighted by Gasteiger charge is 2.42. The number of hydrogen-bond donors (Lipinski definition) is 13. The van der Waals surface area contributed by atoms with Crippen LogP contribution in [-0.4, -0.2) is 125 Å². The van der Waals surface area contributed by atoms with E-state index in [4.69, 9.17) is 26.2 Å². The zero-order chi connectivity index (χ0) is 46.9. The number of carbonyl (C=O) groups is 7. The molecular weight excluding hydrogens is 828 g/mol. The fraction of sp³-hybridized carbons (Fsp3) is 0.233. The molecular formula is C43H44N4O16.